The maximum atomic E-state index is 12.9. The summed E-state index contributed by atoms with van der Waals surface area (Å²) in [5, 5.41) is 0. The third kappa shape index (κ3) is 3.13. The van der Waals surface area contributed by atoms with Crippen LogP contribution < -0.4 is 5.73 Å². The van der Waals surface area contributed by atoms with Crippen molar-refractivity contribution in [2.75, 3.05) is 40.0 Å². The molecule has 114 valence electrons. The first-order valence-electron chi connectivity index (χ1n) is 7.26. The lowest BCUT2D eigenvalue weighted by molar-refractivity contribution is -0.144. The van der Waals surface area contributed by atoms with Crippen LogP contribution in [0.2, 0.25) is 0 Å². The number of likely N-dealkylation sites (tertiary alicyclic amines) is 1. The van der Waals surface area contributed by atoms with E-state index in [0.717, 1.165) is 25.9 Å². The second-order valence-electron chi connectivity index (χ2n) is 5.77. The van der Waals surface area contributed by atoms with Crippen LogP contribution in [0, 0.1) is 11.3 Å². The number of amides is 1. The van der Waals surface area contributed by atoms with Crippen molar-refractivity contribution < 1.29 is 14.3 Å². The molecule has 20 heavy (non-hydrogen) atoms. The normalized spacial score (nSPS) is 26.2. The predicted molar refractivity (Wildman–Crippen MR) is 80.5 cm³/mol. The summed E-state index contributed by atoms with van der Waals surface area (Å²) in [5.74, 6) is 0.509. The molecule has 2 aliphatic rings. The molecule has 0 aromatic carbocycles. The van der Waals surface area contributed by atoms with Gasteiger partial charge in [0.25, 0.3) is 0 Å². The first-order valence-corrected chi connectivity index (χ1v) is 7.67. The number of nitrogens with zero attached hydrogens (tertiary/aromatic N) is 1. The van der Waals surface area contributed by atoms with Gasteiger partial charge in [-0.1, -0.05) is 12.2 Å². The largest absolute Gasteiger partial charge is 0.392 e. The summed E-state index contributed by atoms with van der Waals surface area (Å²) in [5.41, 5.74) is 5.21. The molecule has 0 spiro atoms. The van der Waals surface area contributed by atoms with Crippen LogP contribution in [-0.4, -0.2) is 55.8 Å². The molecule has 2 aliphatic heterocycles. The van der Waals surface area contributed by atoms with Gasteiger partial charge in [-0.2, -0.15) is 0 Å². The van der Waals surface area contributed by atoms with Gasteiger partial charge in [-0.25, -0.2) is 0 Å². The third-order valence-corrected chi connectivity index (χ3v) is 4.83. The van der Waals surface area contributed by atoms with Crippen molar-refractivity contribution >= 4 is 23.1 Å². The Kier molecular flexibility index (Phi) is 5.35. The van der Waals surface area contributed by atoms with Crippen LogP contribution in [0.5, 0.6) is 0 Å². The van der Waals surface area contributed by atoms with Gasteiger partial charge in [0.1, 0.15) is 5.41 Å². The standard InChI is InChI=1S/C14H24N2O3S/c1-18-10-11-3-2-6-16(9-11)13(17)14(12(15)20)4-7-19-8-5-14/h11H,2-10H2,1H3,(H2,15,20). The minimum atomic E-state index is -0.692. The number of thiocarbonyl (C=S) groups is 1. The third-order valence-electron chi connectivity index (χ3n) is 4.44. The molecule has 5 nitrogen and oxygen atoms in total. The van der Waals surface area contributed by atoms with E-state index in [1.165, 1.54) is 0 Å². The van der Waals surface area contributed by atoms with Crippen LogP contribution >= 0.6 is 12.2 Å². The molecule has 0 bridgehead atoms. The minimum Gasteiger partial charge on any atom is -0.392 e. The summed E-state index contributed by atoms with van der Waals surface area (Å²) in [4.78, 5) is 15.2. The van der Waals surface area contributed by atoms with E-state index < -0.39 is 5.41 Å². The quantitative estimate of drug-likeness (QED) is 0.783. The van der Waals surface area contributed by atoms with Crippen LogP contribution in [0.3, 0.4) is 0 Å². The van der Waals surface area contributed by atoms with Crippen LogP contribution in [0.25, 0.3) is 0 Å². The predicted octanol–water partition coefficient (Wildman–Crippen LogP) is 0.954. The number of carbonyl (C=O) groups excluding carboxylic acids is 1. The van der Waals surface area contributed by atoms with E-state index in [1.54, 1.807) is 7.11 Å². The van der Waals surface area contributed by atoms with E-state index in [0.29, 0.717) is 43.6 Å². The highest BCUT2D eigenvalue weighted by atomic mass is 32.1. The highest BCUT2D eigenvalue weighted by molar-refractivity contribution is 7.80. The molecular formula is C14H24N2O3S. The Balaban J connectivity index is 2.09. The van der Waals surface area contributed by atoms with Crippen molar-refractivity contribution in [3.8, 4) is 0 Å². The first kappa shape index (κ1) is 15.7. The number of piperidine rings is 1. The molecule has 1 amide bonds. The SMILES string of the molecule is COCC1CCCN(C(=O)C2(C(N)=S)CCOCC2)C1. The van der Waals surface area contributed by atoms with Crippen molar-refractivity contribution in [2.45, 2.75) is 25.7 Å². The first-order chi connectivity index (χ1) is 9.60. The molecular weight excluding hydrogens is 276 g/mol. The lowest BCUT2D eigenvalue weighted by atomic mass is 9.78. The van der Waals surface area contributed by atoms with Crippen molar-refractivity contribution in [1.82, 2.24) is 4.90 Å². The van der Waals surface area contributed by atoms with Gasteiger partial charge >= 0.3 is 0 Å². The summed E-state index contributed by atoms with van der Waals surface area (Å²) >= 11 is 5.20. The zero-order valence-corrected chi connectivity index (χ0v) is 12.9. The van der Waals surface area contributed by atoms with E-state index in [-0.39, 0.29) is 5.91 Å². The number of methoxy groups -OCH3 is 1. The highest BCUT2D eigenvalue weighted by Gasteiger charge is 2.45. The number of rotatable bonds is 4. The van der Waals surface area contributed by atoms with Gasteiger partial charge in [0.2, 0.25) is 5.91 Å². The zero-order valence-electron chi connectivity index (χ0n) is 12.1. The average molecular weight is 300 g/mol. The van der Waals surface area contributed by atoms with E-state index in [1.807, 2.05) is 4.90 Å². The van der Waals surface area contributed by atoms with Crippen LogP contribution in [0.4, 0.5) is 0 Å². The van der Waals surface area contributed by atoms with Crippen molar-refractivity contribution in [3.05, 3.63) is 0 Å². The lowest BCUT2D eigenvalue weighted by Crippen LogP contribution is -2.55. The van der Waals surface area contributed by atoms with Crippen molar-refractivity contribution in [2.24, 2.45) is 17.1 Å². The summed E-state index contributed by atoms with van der Waals surface area (Å²) in [6.45, 7) is 3.35. The van der Waals surface area contributed by atoms with Gasteiger partial charge in [0, 0.05) is 33.4 Å². The Hall–Kier alpha value is -0.720. The van der Waals surface area contributed by atoms with E-state index in [2.05, 4.69) is 0 Å². The average Bonchev–Trinajstić information content (AvgIpc) is 2.47. The number of carbonyl (C=O) groups is 1. The Bertz CT molecular complexity index is 367. The number of nitrogens with two attached hydrogens (primary N) is 1. The summed E-state index contributed by atoms with van der Waals surface area (Å²) in [6.07, 6.45) is 3.34. The fourth-order valence-electron chi connectivity index (χ4n) is 3.21. The molecule has 2 fully saturated rings. The maximum absolute atomic E-state index is 12.9. The molecule has 2 N–H and O–H groups in total. The van der Waals surface area contributed by atoms with Gasteiger partial charge in [0.05, 0.1) is 11.6 Å². The van der Waals surface area contributed by atoms with Crippen LogP contribution in [0.15, 0.2) is 0 Å². The maximum Gasteiger partial charge on any atom is 0.235 e. The molecule has 0 aliphatic carbocycles. The molecule has 0 saturated carbocycles. The monoisotopic (exact) mass is 300 g/mol. The van der Waals surface area contributed by atoms with Gasteiger partial charge in [-0.15, -0.1) is 0 Å². The molecule has 2 heterocycles. The Morgan fingerprint density at radius 2 is 2.20 bits per heavy atom. The highest BCUT2D eigenvalue weighted by Crippen LogP contribution is 2.34. The zero-order chi connectivity index (χ0) is 14.6. The summed E-state index contributed by atoms with van der Waals surface area (Å²) < 4.78 is 10.6. The van der Waals surface area contributed by atoms with Crippen LogP contribution in [-0.2, 0) is 14.3 Å². The minimum absolute atomic E-state index is 0.0918. The topological polar surface area (TPSA) is 64.8 Å². The molecule has 0 radical (unpaired) electrons. The number of hydrogen-bond donors (Lipinski definition) is 1. The Morgan fingerprint density at radius 1 is 1.50 bits per heavy atom. The van der Waals surface area contributed by atoms with Gasteiger partial charge in [-0.05, 0) is 31.6 Å². The molecule has 0 aromatic rings. The fraction of sp³-hybridized carbons (Fsp3) is 0.857. The smallest absolute Gasteiger partial charge is 0.235 e. The Labute approximate surface area is 125 Å². The summed E-state index contributed by atoms with van der Waals surface area (Å²) in [6, 6.07) is 0. The molecule has 2 rings (SSSR count). The van der Waals surface area contributed by atoms with E-state index in [9.17, 15) is 4.79 Å². The molecule has 1 atom stereocenters. The van der Waals surface area contributed by atoms with Gasteiger partial charge in [-0.3, -0.25) is 4.79 Å². The van der Waals surface area contributed by atoms with E-state index in [4.69, 9.17) is 27.4 Å². The molecule has 6 heteroatoms. The Morgan fingerprint density at radius 3 is 2.80 bits per heavy atom. The lowest BCUT2D eigenvalue weighted by Gasteiger charge is -2.41. The molecule has 1 unspecified atom stereocenters. The second-order valence-corrected chi connectivity index (χ2v) is 6.21. The van der Waals surface area contributed by atoms with Crippen molar-refractivity contribution in [3.63, 3.8) is 0 Å². The van der Waals surface area contributed by atoms with Gasteiger partial charge < -0.3 is 20.1 Å². The van der Waals surface area contributed by atoms with Crippen molar-refractivity contribution in [1.29, 1.82) is 0 Å². The number of hydrogen-bond acceptors (Lipinski definition) is 4. The number of ether oxygens (including phenoxy) is 2. The second kappa shape index (κ2) is 6.83. The van der Waals surface area contributed by atoms with Gasteiger partial charge in [0.15, 0.2) is 0 Å². The van der Waals surface area contributed by atoms with Crippen LogP contribution in [0.1, 0.15) is 25.7 Å². The van der Waals surface area contributed by atoms with E-state index >= 15 is 0 Å². The fourth-order valence-corrected chi connectivity index (χ4v) is 3.50. The molecule has 2 saturated heterocycles. The summed E-state index contributed by atoms with van der Waals surface area (Å²) in [7, 11) is 1.70. The molecule has 0 aromatic heterocycles.